The van der Waals surface area contributed by atoms with Gasteiger partial charge in [-0.05, 0) is 35.9 Å². The fraction of sp³-hybridized carbons (Fsp3) is 0.111. The van der Waals surface area contributed by atoms with E-state index in [1.807, 2.05) is 30.3 Å². The Kier molecular flexibility index (Phi) is 4.10. The van der Waals surface area contributed by atoms with Crippen LogP contribution in [0.2, 0.25) is 0 Å². The molecule has 0 aliphatic rings. The van der Waals surface area contributed by atoms with Crippen molar-refractivity contribution >= 4 is 22.9 Å². The number of aromatic nitrogens is 2. The molecule has 5 nitrogen and oxygen atoms in total. The Hall–Kier alpha value is -3.08. The minimum Gasteiger partial charge on any atom is -0.493 e. The molecule has 3 aromatic rings. The van der Waals surface area contributed by atoms with Crippen molar-refractivity contribution < 1.29 is 14.3 Å². The van der Waals surface area contributed by atoms with Crippen molar-refractivity contribution in [3.8, 4) is 11.5 Å². The number of benzene rings is 2. The van der Waals surface area contributed by atoms with Crippen LogP contribution in [0.25, 0.3) is 17.1 Å². The van der Waals surface area contributed by atoms with Gasteiger partial charge in [-0.2, -0.15) is 0 Å². The second-order valence-electron chi connectivity index (χ2n) is 4.91. The van der Waals surface area contributed by atoms with E-state index < -0.39 is 0 Å². The van der Waals surface area contributed by atoms with E-state index in [4.69, 9.17) is 9.47 Å². The number of nitrogens with one attached hydrogen (secondary N) is 1. The van der Waals surface area contributed by atoms with Crippen molar-refractivity contribution in [2.45, 2.75) is 0 Å². The van der Waals surface area contributed by atoms with E-state index >= 15 is 0 Å². The molecule has 0 atom stereocenters. The lowest BCUT2D eigenvalue weighted by molar-refractivity contribution is 0.103. The van der Waals surface area contributed by atoms with E-state index in [1.54, 1.807) is 32.4 Å². The maximum absolute atomic E-state index is 12.2. The van der Waals surface area contributed by atoms with Gasteiger partial charge in [0.25, 0.3) is 0 Å². The van der Waals surface area contributed by atoms with E-state index in [0.29, 0.717) is 17.3 Å². The summed E-state index contributed by atoms with van der Waals surface area (Å²) in [4.78, 5) is 19.5. The lowest BCUT2D eigenvalue weighted by Crippen LogP contribution is -1.96. The van der Waals surface area contributed by atoms with Crippen LogP contribution in [0.15, 0.2) is 48.5 Å². The molecule has 0 amide bonds. The number of carbonyl (C=O) groups excluding carboxylic acids is 1. The lowest BCUT2D eigenvalue weighted by atomic mass is 10.1. The summed E-state index contributed by atoms with van der Waals surface area (Å²) in [6, 6.07) is 13.0. The highest BCUT2D eigenvalue weighted by Crippen LogP contribution is 2.28. The van der Waals surface area contributed by atoms with Gasteiger partial charge in [-0.25, -0.2) is 4.98 Å². The number of carbonyl (C=O) groups is 1. The molecule has 23 heavy (non-hydrogen) atoms. The number of hydrogen-bond donors (Lipinski definition) is 1. The van der Waals surface area contributed by atoms with Crippen molar-refractivity contribution in [2.24, 2.45) is 0 Å². The van der Waals surface area contributed by atoms with Gasteiger partial charge in [0.1, 0.15) is 0 Å². The van der Waals surface area contributed by atoms with E-state index in [2.05, 4.69) is 9.97 Å². The maximum atomic E-state index is 12.2. The molecule has 1 N–H and O–H groups in total. The second kappa shape index (κ2) is 6.36. The number of ketones is 1. The molecule has 1 heterocycles. The summed E-state index contributed by atoms with van der Waals surface area (Å²) >= 11 is 0. The maximum Gasteiger partial charge on any atom is 0.221 e. The summed E-state index contributed by atoms with van der Waals surface area (Å²) in [6.07, 6.45) is 3.20. The van der Waals surface area contributed by atoms with E-state index in [0.717, 1.165) is 16.6 Å². The fourth-order valence-electron chi connectivity index (χ4n) is 2.28. The Morgan fingerprint density at radius 1 is 1.09 bits per heavy atom. The standard InChI is InChI=1S/C18H16N2O3/c1-22-16-10-8-12(11-17(16)23-2)7-9-15(21)18-19-13-5-3-4-6-14(13)20-18/h3-11H,1-2H3,(H,19,20)/b9-7-. The number of fused-ring (bicyclic) bond motifs is 1. The third-order valence-electron chi connectivity index (χ3n) is 3.46. The highest BCUT2D eigenvalue weighted by molar-refractivity contribution is 6.05. The van der Waals surface area contributed by atoms with Crippen LogP contribution in [0, 0.1) is 0 Å². The molecule has 0 saturated heterocycles. The van der Waals surface area contributed by atoms with Crippen LogP contribution in [-0.4, -0.2) is 30.0 Å². The third-order valence-corrected chi connectivity index (χ3v) is 3.46. The van der Waals surface area contributed by atoms with Crippen molar-refractivity contribution in [1.29, 1.82) is 0 Å². The number of methoxy groups -OCH3 is 2. The van der Waals surface area contributed by atoms with Crippen LogP contribution in [0.4, 0.5) is 0 Å². The normalized spacial score (nSPS) is 11.0. The molecule has 0 spiro atoms. The number of nitrogens with zero attached hydrogens (tertiary/aromatic N) is 1. The Labute approximate surface area is 133 Å². The average Bonchev–Trinajstić information content (AvgIpc) is 3.03. The van der Waals surface area contributed by atoms with Crippen LogP contribution in [-0.2, 0) is 0 Å². The number of H-pyrrole nitrogens is 1. The van der Waals surface area contributed by atoms with Gasteiger partial charge in [0, 0.05) is 0 Å². The van der Waals surface area contributed by atoms with Crippen LogP contribution in [0.1, 0.15) is 16.2 Å². The van der Waals surface area contributed by atoms with Crippen LogP contribution in [0.5, 0.6) is 11.5 Å². The average molecular weight is 308 g/mol. The summed E-state index contributed by atoms with van der Waals surface area (Å²) in [7, 11) is 3.16. The number of allylic oxidation sites excluding steroid dienone is 1. The molecular weight excluding hydrogens is 292 g/mol. The predicted octanol–water partition coefficient (Wildman–Crippen LogP) is 3.48. The number of ether oxygens (including phenoxy) is 2. The lowest BCUT2D eigenvalue weighted by Gasteiger charge is -2.07. The van der Waals surface area contributed by atoms with Crippen LogP contribution >= 0.6 is 0 Å². The molecule has 5 heteroatoms. The van der Waals surface area contributed by atoms with Crippen molar-refractivity contribution in [1.82, 2.24) is 9.97 Å². The third kappa shape index (κ3) is 3.08. The SMILES string of the molecule is COc1ccc(/C=C\C(=O)c2nc3ccccc3[nH]2)cc1OC. The van der Waals surface area contributed by atoms with E-state index in [9.17, 15) is 4.79 Å². The monoisotopic (exact) mass is 308 g/mol. The molecule has 1 aromatic heterocycles. The number of para-hydroxylation sites is 2. The second-order valence-corrected chi connectivity index (χ2v) is 4.91. The molecule has 0 aliphatic carbocycles. The van der Waals surface area contributed by atoms with Crippen LogP contribution in [0.3, 0.4) is 0 Å². The Morgan fingerprint density at radius 2 is 1.87 bits per heavy atom. The molecule has 0 bridgehead atoms. The molecule has 0 saturated carbocycles. The molecule has 0 fully saturated rings. The summed E-state index contributed by atoms with van der Waals surface area (Å²) in [6.45, 7) is 0. The highest BCUT2D eigenvalue weighted by Gasteiger charge is 2.08. The number of hydrogen-bond acceptors (Lipinski definition) is 4. The van der Waals surface area contributed by atoms with Crippen molar-refractivity contribution in [3.63, 3.8) is 0 Å². The zero-order chi connectivity index (χ0) is 16.2. The first kappa shape index (κ1) is 14.8. The minimum atomic E-state index is -0.184. The summed E-state index contributed by atoms with van der Waals surface area (Å²) in [5.41, 5.74) is 2.46. The molecule has 0 unspecified atom stereocenters. The molecule has 2 aromatic carbocycles. The topological polar surface area (TPSA) is 64.2 Å². The van der Waals surface area contributed by atoms with Gasteiger partial charge in [0.05, 0.1) is 25.3 Å². The van der Waals surface area contributed by atoms with Gasteiger partial charge in [-0.3, -0.25) is 4.79 Å². The molecule has 0 radical (unpaired) electrons. The summed E-state index contributed by atoms with van der Waals surface area (Å²) < 4.78 is 10.4. The Balaban J connectivity index is 1.83. The van der Waals surface area contributed by atoms with Crippen molar-refractivity contribution in [3.05, 3.63) is 59.9 Å². The van der Waals surface area contributed by atoms with Gasteiger partial charge < -0.3 is 14.5 Å². The summed E-state index contributed by atoms with van der Waals surface area (Å²) in [5.74, 6) is 1.40. The van der Waals surface area contributed by atoms with Crippen LogP contribution < -0.4 is 9.47 Å². The predicted molar refractivity (Wildman–Crippen MR) is 89.0 cm³/mol. The smallest absolute Gasteiger partial charge is 0.221 e. The Bertz CT molecular complexity index is 848. The minimum absolute atomic E-state index is 0.184. The van der Waals surface area contributed by atoms with Gasteiger partial charge in [-0.1, -0.05) is 24.3 Å². The Morgan fingerprint density at radius 3 is 2.61 bits per heavy atom. The van der Waals surface area contributed by atoms with Gasteiger partial charge in [0.2, 0.25) is 5.78 Å². The number of rotatable bonds is 5. The number of aromatic amines is 1. The van der Waals surface area contributed by atoms with E-state index in [-0.39, 0.29) is 5.78 Å². The first-order valence-electron chi connectivity index (χ1n) is 7.10. The van der Waals surface area contributed by atoms with Gasteiger partial charge >= 0.3 is 0 Å². The zero-order valence-electron chi connectivity index (χ0n) is 12.9. The zero-order valence-corrected chi connectivity index (χ0v) is 12.9. The molecule has 116 valence electrons. The summed E-state index contributed by atoms with van der Waals surface area (Å²) in [5, 5.41) is 0. The molecular formula is C18H16N2O3. The first-order valence-corrected chi connectivity index (χ1v) is 7.10. The molecule has 0 aliphatic heterocycles. The van der Waals surface area contributed by atoms with Crippen molar-refractivity contribution in [2.75, 3.05) is 14.2 Å². The number of imidazole rings is 1. The largest absolute Gasteiger partial charge is 0.493 e. The first-order chi connectivity index (χ1) is 11.2. The van der Waals surface area contributed by atoms with Gasteiger partial charge in [0.15, 0.2) is 17.3 Å². The molecule has 3 rings (SSSR count). The van der Waals surface area contributed by atoms with Gasteiger partial charge in [-0.15, -0.1) is 0 Å². The fourth-order valence-corrected chi connectivity index (χ4v) is 2.28. The quantitative estimate of drug-likeness (QED) is 0.579. The highest BCUT2D eigenvalue weighted by atomic mass is 16.5. The van der Waals surface area contributed by atoms with E-state index in [1.165, 1.54) is 6.08 Å².